The number of furan rings is 1. The Morgan fingerprint density at radius 3 is 2.42 bits per heavy atom. The minimum Gasteiger partial charge on any atom is -0.452 e. The molecule has 1 aliphatic heterocycles. The number of hydrogen-bond donors (Lipinski definition) is 2. The molecule has 0 unspecified atom stereocenters. The van der Waals surface area contributed by atoms with E-state index in [0.29, 0.717) is 9.35 Å². The largest absolute Gasteiger partial charge is 0.452 e. The van der Waals surface area contributed by atoms with Crippen molar-refractivity contribution in [1.82, 2.24) is 9.78 Å². The number of rotatable bonds is 3. The van der Waals surface area contributed by atoms with Gasteiger partial charge >= 0.3 is 12.4 Å². The molecule has 14 heteroatoms. The number of carbonyl (C=O) groups excluding carboxylic acids is 1. The van der Waals surface area contributed by atoms with E-state index in [0.717, 1.165) is 18.2 Å². The van der Waals surface area contributed by atoms with Gasteiger partial charge in [0.05, 0.1) is 21.8 Å². The molecule has 4 rings (SSSR count). The second-order valence-electron chi connectivity index (χ2n) is 7.09. The number of para-hydroxylation sites is 1. The first-order valence-electron chi connectivity index (χ1n) is 9.20. The molecule has 2 atom stereocenters. The third-order valence-electron chi connectivity index (χ3n) is 4.93. The highest BCUT2D eigenvalue weighted by molar-refractivity contribution is 9.10. The number of benzene rings is 1. The van der Waals surface area contributed by atoms with E-state index in [2.05, 4.69) is 47.6 Å². The predicted octanol–water partition coefficient (Wildman–Crippen LogP) is 6.93. The zero-order chi connectivity index (χ0) is 24.1. The fourth-order valence-electron chi connectivity index (χ4n) is 3.46. The van der Waals surface area contributed by atoms with E-state index in [9.17, 15) is 31.1 Å². The summed E-state index contributed by atoms with van der Waals surface area (Å²) in [6.45, 7) is 0. The SMILES string of the molecule is O=C(Nc1ccccc1C(F)(F)F)c1nn2c(c1Br)N[C@@H](c1ccc(Br)o1)C[C@@H]2C(F)(F)F. The maximum atomic E-state index is 13.8. The molecule has 0 bridgehead atoms. The van der Waals surface area contributed by atoms with Gasteiger partial charge in [-0.25, -0.2) is 4.68 Å². The van der Waals surface area contributed by atoms with Crippen molar-refractivity contribution in [2.45, 2.75) is 30.9 Å². The summed E-state index contributed by atoms with van der Waals surface area (Å²) in [6.07, 6.45) is -9.95. The molecule has 0 radical (unpaired) electrons. The van der Waals surface area contributed by atoms with E-state index in [-0.39, 0.29) is 16.1 Å². The van der Waals surface area contributed by atoms with E-state index in [1.54, 1.807) is 0 Å². The van der Waals surface area contributed by atoms with Crippen molar-refractivity contribution in [2.24, 2.45) is 0 Å². The van der Waals surface area contributed by atoms with E-state index < -0.39 is 53.7 Å². The zero-order valence-electron chi connectivity index (χ0n) is 16.1. The summed E-state index contributed by atoms with van der Waals surface area (Å²) in [5.74, 6) is -1.04. The summed E-state index contributed by atoms with van der Waals surface area (Å²) in [6, 6.07) is 4.25. The molecular formula is C19H12Br2F6N4O2. The van der Waals surface area contributed by atoms with Gasteiger partial charge in [-0.2, -0.15) is 31.4 Å². The molecule has 0 saturated heterocycles. The Kier molecular flexibility index (Phi) is 6.01. The van der Waals surface area contributed by atoms with E-state index >= 15 is 0 Å². The monoisotopic (exact) mass is 600 g/mol. The van der Waals surface area contributed by atoms with Crippen molar-refractivity contribution >= 4 is 49.3 Å². The molecule has 1 amide bonds. The first-order valence-corrected chi connectivity index (χ1v) is 10.8. The van der Waals surface area contributed by atoms with Crippen molar-refractivity contribution < 1.29 is 35.6 Å². The summed E-state index contributed by atoms with van der Waals surface area (Å²) in [4.78, 5) is 12.7. The van der Waals surface area contributed by atoms with Crippen LogP contribution in [0.4, 0.5) is 37.8 Å². The molecule has 3 heterocycles. The van der Waals surface area contributed by atoms with E-state index in [1.807, 2.05) is 0 Å². The standard InChI is InChI=1S/C19H12Br2F6N4O2/c20-13-6-5-11(33-13)10-7-12(19(25,26)27)31-16(28-10)14(21)15(30-31)17(32)29-9-4-2-1-3-8(9)18(22,23)24/h1-6,10,12,28H,7H2,(H,29,32)/t10-,12-/m1/s1. The van der Waals surface area contributed by atoms with Crippen LogP contribution in [0.25, 0.3) is 0 Å². The average molecular weight is 602 g/mol. The van der Waals surface area contributed by atoms with Gasteiger partial charge in [-0.05, 0) is 56.1 Å². The molecule has 1 aliphatic rings. The van der Waals surface area contributed by atoms with Crippen LogP contribution in [0.2, 0.25) is 0 Å². The van der Waals surface area contributed by atoms with Gasteiger partial charge in [0, 0.05) is 6.42 Å². The average Bonchev–Trinajstić information content (AvgIpc) is 3.30. The third kappa shape index (κ3) is 4.63. The number of hydrogen-bond acceptors (Lipinski definition) is 4. The molecule has 2 aromatic heterocycles. The Morgan fingerprint density at radius 1 is 1.12 bits per heavy atom. The fourth-order valence-corrected chi connectivity index (χ4v) is 4.33. The smallest absolute Gasteiger partial charge is 0.418 e. The number of nitrogens with one attached hydrogen (secondary N) is 2. The van der Waals surface area contributed by atoms with Gasteiger partial charge < -0.3 is 15.1 Å². The minimum absolute atomic E-state index is 0.130. The first-order chi connectivity index (χ1) is 15.4. The van der Waals surface area contributed by atoms with Crippen LogP contribution in [-0.2, 0) is 6.18 Å². The number of halogens is 8. The Labute approximate surface area is 198 Å². The maximum Gasteiger partial charge on any atom is 0.418 e. The number of carbonyl (C=O) groups is 1. The van der Waals surface area contributed by atoms with Crippen LogP contribution >= 0.6 is 31.9 Å². The summed E-state index contributed by atoms with van der Waals surface area (Å²) >= 11 is 6.17. The molecule has 2 N–H and O–H groups in total. The molecule has 1 aromatic carbocycles. The number of aromatic nitrogens is 2. The Morgan fingerprint density at radius 2 is 1.82 bits per heavy atom. The summed E-state index contributed by atoms with van der Waals surface area (Å²) < 4.78 is 87.3. The topological polar surface area (TPSA) is 72.1 Å². The first kappa shape index (κ1) is 23.7. The lowest BCUT2D eigenvalue weighted by Gasteiger charge is -2.32. The van der Waals surface area contributed by atoms with Gasteiger partial charge in [-0.15, -0.1) is 0 Å². The molecule has 0 spiro atoms. The predicted molar refractivity (Wildman–Crippen MR) is 112 cm³/mol. The number of anilines is 2. The number of amides is 1. The number of nitrogens with zero attached hydrogens (tertiary/aromatic N) is 2. The lowest BCUT2D eigenvalue weighted by molar-refractivity contribution is -0.174. The van der Waals surface area contributed by atoms with Gasteiger partial charge in [0.1, 0.15) is 11.6 Å². The van der Waals surface area contributed by atoms with Crippen molar-refractivity contribution in [3.63, 3.8) is 0 Å². The van der Waals surface area contributed by atoms with Crippen LogP contribution in [0.15, 0.2) is 50.0 Å². The van der Waals surface area contributed by atoms with Crippen LogP contribution in [0.3, 0.4) is 0 Å². The summed E-state index contributed by atoms with van der Waals surface area (Å²) in [5, 5.41) is 8.71. The molecule has 6 nitrogen and oxygen atoms in total. The van der Waals surface area contributed by atoms with Crippen LogP contribution in [-0.4, -0.2) is 21.9 Å². The van der Waals surface area contributed by atoms with Gasteiger partial charge in [-0.1, -0.05) is 12.1 Å². The highest BCUT2D eigenvalue weighted by Crippen LogP contribution is 2.47. The fraction of sp³-hybridized carbons (Fsp3) is 0.263. The highest BCUT2D eigenvalue weighted by atomic mass is 79.9. The lowest BCUT2D eigenvalue weighted by atomic mass is 10.0. The van der Waals surface area contributed by atoms with E-state index in [1.165, 1.54) is 18.2 Å². The minimum atomic E-state index is -4.75. The van der Waals surface area contributed by atoms with Gasteiger partial charge in [0.2, 0.25) is 0 Å². The van der Waals surface area contributed by atoms with Gasteiger partial charge in [0.25, 0.3) is 5.91 Å². The van der Waals surface area contributed by atoms with E-state index in [4.69, 9.17) is 4.42 Å². The van der Waals surface area contributed by atoms with Crippen molar-refractivity contribution in [3.8, 4) is 0 Å². The van der Waals surface area contributed by atoms with Crippen LogP contribution in [0.1, 0.15) is 40.3 Å². The molecule has 33 heavy (non-hydrogen) atoms. The summed E-state index contributed by atoms with van der Waals surface area (Å²) in [7, 11) is 0. The van der Waals surface area contributed by atoms with Crippen LogP contribution in [0, 0.1) is 0 Å². The number of alkyl halides is 6. The molecular weight excluding hydrogens is 590 g/mol. The van der Waals surface area contributed by atoms with Crippen LogP contribution < -0.4 is 10.6 Å². The molecule has 0 fully saturated rings. The van der Waals surface area contributed by atoms with Crippen molar-refractivity contribution in [1.29, 1.82) is 0 Å². The third-order valence-corrected chi connectivity index (χ3v) is 6.11. The Bertz CT molecular complexity index is 1200. The lowest BCUT2D eigenvalue weighted by Crippen LogP contribution is -2.35. The van der Waals surface area contributed by atoms with Crippen molar-refractivity contribution in [2.75, 3.05) is 10.6 Å². The molecule has 3 aromatic rings. The van der Waals surface area contributed by atoms with Gasteiger partial charge in [-0.3, -0.25) is 4.79 Å². The quantitative estimate of drug-likeness (QED) is 0.319. The second-order valence-corrected chi connectivity index (χ2v) is 8.66. The number of fused-ring (bicyclic) bond motifs is 1. The Balaban J connectivity index is 1.71. The van der Waals surface area contributed by atoms with Crippen molar-refractivity contribution in [3.05, 3.63) is 62.6 Å². The van der Waals surface area contributed by atoms with Gasteiger partial charge in [0.15, 0.2) is 16.4 Å². The normalized spacial score (nSPS) is 18.5. The maximum absolute atomic E-state index is 13.8. The molecule has 0 saturated carbocycles. The Hall–Kier alpha value is -2.48. The van der Waals surface area contributed by atoms with Crippen LogP contribution in [0.5, 0.6) is 0 Å². The summed E-state index contributed by atoms with van der Waals surface area (Å²) in [5.41, 5.74) is -2.16. The zero-order valence-corrected chi connectivity index (χ0v) is 19.2. The highest BCUT2D eigenvalue weighted by Gasteiger charge is 2.48. The molecule has 0 aliphatic carbocycles. The molecule has 176 valence electrons. The second kappa shape index (κ2) is 8.38.